The van der Waals surface area contributed by atoms with Gasteiger partial charge in [-0.3, -0.25) is 15.3 Å². The number of hydrogen-bond acceptors (Lipinski definition) is 2. The molecule has 0 unspecified atom stereocenters. The van der Waals surface area contributed by atoms with E-state index in [-0.39, 0.29) is 6.61 Å². The maximum atomic E-state index is 4.90. The van der Waals surface area contributed by atoms with Gasteiger partial charge in [0, 0.05) is 0 Å². The molecule has 0 heterocycles. The first-order valence-corrected chi connectivity index (χ1v) is 2.64. The van der Waals surface area contributed by atoms with E-state index in [4.69, 9.17) is 12.8 Å². The molecule has 0 fully saturated rings. The Morgan fingerprint density at radius 1 is 1.50 bits per heavy atom. The van der Waals surface area contributed by atoms with Crippen LogP contribution in [-0.4, -0.2) is 19.5 Å². The molecule has 0 aromatic carbocycles. The summed E-state index contributed by atoms with van der Waals surface area (Å²) in [5.41, 5.74) is 2.39. The van der Waals surface area contributed by atoms with Crippen LogP contribution in [-0.2, 0) is 4.84 Å². The largest absolute Gasteiger partial charge is 0.262 e. The first kappa shape index (κ1) is 8.55. The van der Waals surface area contributed by atoms with E-state index < -0.39 is 0 Å². The van der Waals surface area contributed by atoms with Crippen molar-refractivity contribution in [1.29, 1.82) is 0 Å². The minimum Gasteiger partial charge on any atom is -0.262 e. The maximum Gasteiger partial charge on any atom is 0.135 e. The third-order valence-electron chi connectivity index (χ3n) is 0.565. The number of hydroxylamine groups is 1. The summed E-state index contributed by atoms with van der Waals surface area (Å²) in [5, 5.41) is 0. The summed E-state index contributed by atoms with van der Waals surface area (Å²) < 4.78 is 0. The molecule has 0 saturated heterocycles. The van der Waals surface area contributed by atoms with Gasteiger partial charge in [-0.25, -0.2) is 0 Å². The van der Waals surface area contributed by atoms with Crippen molar-refractivity contribution in [1.82, 2.24) is 5.48 Å². The first-order valence-electron chi connectivity index (χ1n) is 2.64. The van der Waals surface area contributed by atoms with E-state index >= 15 is 0 Å². The second kappa shape index (κ2) is 7.55. The Kier molecular flexibility index (Phi) is 6.46. The van der Waals surface area contributed by atoms with E-state index in [1.54, 1.807) is 0 Å². The van der Waals surface area contributed by atoms with Crippen LogP contribution in [0.2, 0.25) is 0 Å². The molecule has 0 aliphatic heterocycles. The molecule has 3 heteroatoms. The summed E-state index contributed by atoms with van der Waals surface area (Å²) in [6.07, 6.45) is 11.1. The number of hydrogen-bond donors (Lipinski definition) is 1. The highest BCUT2D eigenvalue weighted by atomic mass is 16.6. The van der Waals surface area contributed by atoms with Crippen LogP contribution in [0.3, 0.4) is 0 Å². The van der Waals surface area contributed by atoms with Crippen molar-refractivity contribution in [2.75, 3.05) is 13.2 Å². The molecule has 10 heavy (non-hydrogen) atoms. The van der Waals surface area contributed by atoms with E-state index in [9.17, 15) is 0 Å². The SMILES string of the molecule is C#CCN=CNOCC#C. The molecule has 0 aliphatic rings. The highest BCUT2D eigenvalue weighted by Gasteiger charge is 1.72. The van der Waals surface area contributed by atoms with Gasteiger partial charge in [0.15, 0.2) is 0 Å². The van der Waals surface area contributed by atoms with Crippen LogP contribution in [0.5, 0.6) is 0 Å². The summed E-state index contributed by atoms with van der Waals surface area (Å²) in [6, 6.07) is 0. The molecule has 0 spiro atoms. The lowest BCUT2D eigenvalue weighted by Crippen LogP contribution is -2.12. The van der Waals surface area contributed by atoms with Crippen LogP contribution in [0.4, 0.5) is 0 Å². The molecular formula is C7H8N2O. The Morgan fingerprint density at radius 2 is 2.30 bits per heavy atom. The van der Waals surface area contributed by atoms with Gasteiger partial charge in [-0.2, -0.15) is 0 Å². The fraction of sp³-hybridized carbons (Fsp3) is 0.286. The number of nitrogens with one attached hydrogen (secondary N) is 1. The quantitative estimate of drug-likeness (QED) is 0.191. The summed E-state index contributed by atoms with van der Waals surface area (Å²) in [7, 11) is 0. The Bertz CT molecular complexity index is 173. The molecule has 0 aromatic rings. The number of terminal acetylenes is 2. The third kappa shape index (κ3) is 6.55. The standard InChI is InChI=1S/C7H8N2O/c1-3-5-8-7-9-10-6-4-2/h1-2,7H,5-6H2,(H,8,9). The Labute approximate surface area is 60.4 Å². The average molecular weight is 136 g/mol. The zero-order valence-corrected chi connectivity index (χ0v) is 5.50. The van der Waals surface area contributed by atoms with Crippen molar-refractivity contribution in [3.05, 3.63) is 0 Å². The van der Waals surface area contributed by atoms with Crippen LogP contribution < -0.4 is 5.48 Å². The second-order valence-corrected chi connectivity index (χ2v) is 1.28. The van der Waals surface area contributed by atoms with E-state index in [0.717, 1.165) is 0 Å². The molecule has 0 rings (SSSR count). The highest BCUT2D eigenvalue weighted by Crippen LogP contribution is 1.62. The normalized spacial score (nSPS) is 8.60. The third-order valence-corrected chi connectivity index (χ3v) is 0.565. The summed E-state index contributed by atoms with van der Waals surface area (Å²) in [5.74, 6) is 4.60. The van der Waals surface area contributed by atoms with Crippen molar-refractivity contribution in [2.24, 2.45) is 4.99 Å². The Hall–Kier alpha value is -1.45. The molecule has 0 aromatic heterocycles. The Balaban J connectivity index is 3.06. The molecular weight excluding hydrogens is 128 g/mol. The number of aliphatic imine (C=N–C) groups is 1. The smallest absolute Gasteiger partial charge is 0.135 e. The van der Waals surface area contributed by atoms with Gasteiger partial charge < -0.3 is 0 Å². The van der Waals surface area contributed by atoms with E-state index in [0.29, 0.717) is 6.54 Å². The van der Waals surface area contributed by atoms with Gasteiger partial charge in [-0.05, 0) is 0 Å². The fourth-order valence-corrected chi connectivity index (χ4v) is 0.256. The lowest BCUT2D eigenvalue weighted by atomic mass is 10.7. The lowest BCUT2D eigenvalue weighted by molar-refractivity contribution is 0.118. The van der Waals surface area contributed by atoms with Gasteiger partial charge in [0.2, 0.25) is 0 Å². The molecule has 1 N–H and O–H groups in total. The zero-order valence-electron chi connectivity index (χ0n) is 5.50. The van der Waals surface area contributed by atoms with Crippen molar-refractivity contribution in [3.63, 3.8) is 0 Å². The molecule has 3 nitrogen and oxygen atoms in total. The van der Waals surface area contributed by atoms with Crippen molar-refractivity contribution in [3.8, 4) is 24.7 Å². The van der Waals surface area contributed by atoms with Crippen LogP contribution in [0, 0.1) is 24.7 Å². The predicted octanol–water partition coefficient (Wildman–Crippen LogP) is -0.198. The van der Waals surface area contributed by atoms with E-state index in [1.165, 1.54) is 6.34 Å². The van der Waals surface area contributed by atoms with Crippen LogP contribution in [0.15, 0.2) is 4.99 Å². The van der Waals surface area contributed by atoms with Gasteiger partial charge in [0.1, 0.15) is 19.5 Å². The van der Waals surface area contributed by atoms with Gasteiger partial charge in [-0.1, -0.05) is 11.8 Å². The summed E-state index contributed by atoms with van der Waals surface area (Å²) >= 11 is 0. The molecule has 0 saturated carbocycles. The molecule has 0 aliphatic carbocycles. The zero-order chi connectivity index (χ0) is 7.66. The van der Waals surface area contributed by atoms with Crippen LogP contribution in [0.1, 0.15) is 0 Å². The van der Waals surface area contributed by atoms with Crippen molar-refractivity contribution in [2.45, 2.75) is 0 Å². The van der Waals surface area contributed by atoms with Crippen LogP contribution in [0.25, 0.3) is 0 Å². The number of rotatable bonds is 4. The molecule has 52 valence electrons. The van der Waals surface area contributed by atoms with Crippen LogP contribution >= 0.6 is 0 Å². The lowest BCUT2D eigenvalue weighted by Gasteiger charge is -1.93. The van der Waals surface area contributed by atoms with Crippen molar-refractivity contribution >= 4 is 6.34 Å². The number of nitrogens with zero attached hydrogens (tertiary/aromatic N) is 1. The maximum absolute atomic E-state index is 4.90. The van der Waals surface area contributed by atoms with Gasteiger partial charge >= 0.3 is 0 Å². The minimum absolute atomic E-state index is 0.210. The van der Waals surface area contributed by atoms with Crippen molar-refractivity contribution < 1.29 is 4.84 Å². The monoisotopic (exact) mass is 136 g/mol. The fourth-order valence-electron chi connectivity index (χ4n) is 0.256. The highest BCUT2D eigenvalue weighted by molar-refractivity contribution is 5.52. The van der Waals surface area contributed by atoms with Gasteiger partial charge in [0.25, 0.3) is 0 Å². The summed E-state index contributed by atoms with van der Waals surface area (Å²) in [6.45, 7) is 0.550. The minimum atomic E-state index is 0.210. The molecule has 0 bridgehead atoms. The van der Waals surface area contributed by atoms with E-state index in [2.05, 4.69) is 27.2 Å². The summed E-state index contributed by atoms with van der Waals surface area (Å²) in [4.78, 5) is 8.32. The molecule has 0 radical (unpaired) electrons. The predicted molar refractivity (Wildman–Crippen MR) is 40.1 cm³/mol. The topological polar surface area (TPSA) is 33.6 Å². The first-order chi connectivity index (χ1) is 4.91. The van der Waals surface area contributed by atoms with E-state index in [1.807, 2.05) is 0 Å². The van der Waals surface area contributed by atoms with Gasteiger partial charge in [0.05, 0.1) is 0 Å². The average Bonchev–Trinajstić information content (AvgIpc) is 1.97. The molecule has 0 atom stereocenters. The molecule has 0 amide bonds. The van der Waals surface area contributed by atoms with Gasteiger partial charge in [-0.15, -0.1) is 12.8 Å². The second-order valence-electron chi connectivity index (χ2n) is 1.28. The Morgan fingerprint density at radius 3 is 2.90 bits per heavy atom.